The molecule has 200 valence electrons. The molecule has 36 heavy (non-hydrogen) atoms. The lowest BCUT2D eigenvalue weighted by atomic mass is 10.00. The molecule has 1 aromatic carbocycles. The van der Waals surface area contributed by atoms with E-state index in [1.807, 2.05) is 0 Å². The van der Waals surface area contributed by atoms with Gasteiger partial charge in [0, 0.05) is 12.8 Å². The number of aliphatic hydroxyl groups is 1. The second kappa shape index (κ2) is 14.0. The Balaban J connectivity index is 3.00. The number of carboxylic acids is 1. The standard InChI is InChI=1S/C23H35N5O8/c1-11(2)19(22(34)27-16(23(35)36)10-13-4-6-14(30)7-5-13)28-20(32)15(8-9-17(24)31)26-21(33)18(25)12(3)29/h4-7,11-12,15-16,18-19,29-30H,8-10,25H2,1-3H3,(H2,24,31)(H,26,33)(H,27,34)(H,28,32)(H,35,36). The van der Waals surface area contributed by atoms with Crippen molar-refractivity contribution in [2.45, 2.75) is 70.3 Å². The van der Waals surface area contributed by atoms with Crippen LogP contribution in [0, 0.1) is 5.92 Å². The number of benzene rings is 1. The minimum atomic E-state index is -1.34. The summed E-state index contributed by atoms with van der Waals surface area (Å²) in [5, 5.41) is 35.7. The largest absolute Gasteiger partial charge is 0.508 e. The van der Waals surface area contributed by atoms with Crippen LogP contribution in [0.2, 0.25) is 0 Å². The minimum absolute atomic E-state index is 0.00429. The van der Waals surface area contributed by atoms with Gasteiger partial charge in [-0.15, -0.1) is 0 Å². The fourth-order valence-electron chi connectivity index (χ4n) is 3.16. The quantitative estimate of drug-likeness (QED) is 0.140. The van der Waals surface area contributed by atoms with Gasteiger partial charge in [0.2, 0.25) is 23.6 Å². The zero-order valence-electron chi connectivity index (χ0n) is 20.4. The first-order chi connectivity index (χ1) is 16.7. The van der Waals surface area contributed by atoms with Gasteiger partial charge in [-0.2, -0.15) is 0 Å². The van der Waals surface area contributed by atoms with E-state index in [-0.39, 0.29) is 25.0 Å². The summed E-state index contributed by atoms with van der Waals surface area (Å²) >= 11 is 0. The van der Waals surface area contributed by atoms with Crippen molar-refractivity contribution in [1.29, 1.82) is 0 Å². The smallest absolute Gasteiger partial charge is 0.326 e. The van der Waals surface area contributed by atoms with E-state index in [0.29, 0.717) is 5.56 Å². The van der Waals surface area contributed by atoms with Gasteiger partial charge in [0.05, 0.1) is 6.10 Å². The van der Waals surface area contributed by atoms with Crippen LogP contribution in [0.15, 0.2) is 24.3 Å². The fraction of sp³-hybridized carbons (Fsp3) is 0.522. The normalized spacial score (nSPS) is 15.2. The molecule has 0 aliphatic heterocycles. The van der Waals surface area contributed by atoms with Crippen molar-refractivity contribution in [2.24, 2.45) is 17.4 Å². The van der Waals surface area contributed by atoms with E-state index in [9.17, 15) is 39.3 Å². The first-order valence-electron chi connectivity index (χ1n) is 11.4. The number of aliphatic carboxylic acids is 1. The Morgan fingerprint density at radius 2 is 1.44 bits per heavy atom. The van der Waals surface area contributed by atoms with Gasteiger partial charge in [0.1, 0.15) is 29.9 Å². The highest BCUT2D eigenvalue weighted by molar-refractivity contribution is 5.94. The Hall–Kier alpha value is -3.71. The van der Waals surface area contributed by atoms with Crippen LogP contribution in [0.25, 0.3) is 0 Å². The zero-order chi connectivity index (χ0) is 27.6. The molecule has 0 saturated heterocycles. The lowest BCUT2D eigenvalue weighted by Gasteiger charge is -2.27. The number of phenolic OH excluding ortho intramolecular Hbond substituents is 1. The Bertz CT molecular complexity index is 935. The van der Waals surface area contributed by atoms with E-state index >= 15 is 0 Å². The number of carbonyl (C=O) groups is 5. The van der Waals surface area contributed by atoms with Crippen LogP contribution >= 0.6 is 0 Å². The molecule has 4 amide bonds. The van der Waals surface area contributed by atoms with Crippen LogP contribution in [0.5, 0.6) is 5.75 Å². The number of hydrogen-bond acceptors (Lipinski definition) is 8. The number of carbonyl (C=O) groups excluding carboxylic acids is 4. The number of nitrogens with two attached hydrogens (primary N) is 2. The van der Waals surface area contributed by atoms with Crippen molar-refractivity contribution >= 4 is 29.6 Å². The molecule has 0 aromatic heterocycles. The van der Waals surface area contributed by atoms with Crippen molar-refractivity contribution in [3.63, 3.8) is 0 Å². The van der Waals surface area contributed by atoms with E-state index in [2.05, 4.69) is 16.0 Å². The summed E-state index contributed by atoms with van der Waals surface area (Å²) < 4.78 is 0. The van der Waals surface area contributed by atoms with Crippen molar-refractivity contribution in [2.75, 3.05) is 0 Å². The molecule has 5 atom stereocenters. The predicted molar refractivity (Wildman–Crippen MR) is 128 cm³/mol. The maximum Gasteiger partial charge on any atom is 0.326 e. The van der Waals surface area contributed by atoms with E-state index < -0.39 is 65.8 Å². The molecule has 1 aromatic rings. The highest BCUT2D eigenvalue weighted by atomic mass is 16.4. The molecule has 0 spiro atoms. The third-order valence-corrected chi connectivity index (χ3v) is 5.37. The van der Waals surface area contributed by atoms with Crippen molar-refractivity contribution in [3.8, 4) is 5.75 Å². The van der Waals surface area contributed by atoms with Gasteiger partial charge in [0.25, 0.3) is 0 Å². The average molecular weight is 510 g/mol. The molecule has 13 nitrogen and oxygen atoms in total. The van der Waals surface area contributed by atoms with E-state index in [0.717, 1.165) is 0 Å². The van der Waals surface area contributed by atoms with Crippen LogP contribution in [-0.2, 0) is 30.4 Å². The highest BCUT2D eigenvalue weighted by Crippen LogP contribution is 2.12. The van der Waals surface area contributed by atoms with Crippen LogP contribution in [0.3, 0.4) is 0 Å². The van der Waals surface area contributed by atoms with E-state index in [1.54, 1.807) is 13.8 Å². The number of phenols is 1. The minimum Gasteiger partial charge on any atom is -0.508 e. The Morgan fingerprint density at radius 3 is 1.92 bits per heavy atom. The molecule has 5 unspecified atom stereocenters. The fourth-order valence-corrected chi connectivity index (χ4v) is 3.16. The zero-order valence-corrected chi connectivity index (χ0v) is 20.4. The Morgan fingerprint density at radius 1 is 0.889 bits per heavy atom. The average Bonchev–Trinajstić information content (AvgIpc) is 2.79. The van der Waals surface area contributed by atoms with E-state index in [4.69, 9.17) is 11.5 Å². The van der Waals surface area contributed by atoms with Gasteiger partial charge in [-0.25, -0.2) is 4.79 Å². The maximum atomic E-state index is 12.9. The molecule has 0 fully saturated rings. The summed E-state index contributed by atoms with van der Waals surface area (Å²) in [7, 11) is 0. The van der Waals surface area contributed by atoms with Crippen LogP contribution in [0.4, 0.5) is 0 Å². The van der Waals surface area contributed by atoms with Gasteiger partial charge in [-0.3, -0.25) is 19.2 Å². The summed E-state index contributed by atoms with van der Waals surface area (Å²) in [5.74, 6) is -4.94. The second-order valence-corrected chi connectivity index (χ2v) is 8.83. The van der Waals surface area contributed by atoms with Crippen molar-refractivity contribution in [1.82, 2.24) is 16.0 Å². The molecule has 10 N–H and O–H groups in total. The second-order valence-electron chi connectivity index (χ2n) is 8.83. The monoisotopic (exact) mass is 509 g/mol. The number of aromatic hydroxyl groups is 1. The number of amides is 4. The van der Waals surface area contributed by atoms with Crippen LogP contribution < -0.4 is 27.4 Å². The van der Waals surface area contributed by atoms with Crippen molar-refractivity contribution < 1.29 is 39.3 Å². The molecule has 0 aliphatic rings. The van der Waals surface area contributed by atoms with Gasteiger partial charge < -0.3 is 42.7 Å². The number of hydrogen-bond donors (Lipinski definition) is 8. The third-order valence-electron chi connectivity index (χ3n) is 5.37. The summed E-state index contributed by atoms with van der Waals surface area (Å²) in [6, 6.07) is 0.665. The first kappa shape index (κ1) is 30.3. The summed E-state index contributed by atoms with van der Waals surface area (Å²) in [4.78, 5) is 61.1. The number of rotatable bonds is 14. The SMILES string of the molecule is CC(C)C(NC(=O)C(CCC(N)=O)NC(=O)C(N)C(C)O)C(=O)NC(Cc1ccc(O)cc1)C(=O)O. The Kier molecular flexibility index (Phi) is 11.8. The molecule has 1 rings (SSSR count). The van der Waals surface area contributed by atoms with Gasteiger partial charge in [-0.1, -0.05) is 26.0 Å². The van der Waals surface area contributed by atoms with Crippen LogP contribution in [-0.4, -0.2) is 75.2 Å². The molecule has 0 bridgehead atoms. The highest BCUT2D eigenvalue weighted by Gasteiger charge is 2.32. The van der Waals surface area contributed by atoms with Gasteiger partial charge >= 0.3 is 5.97 Å². The number of carboxylic acid groups (broad SMARTS) is 1. The van der Waals surface area contributed by atoms with E-state index in [1.165, 1.54) is 31.2 Å². The molecular formula is C23H35N5O8. The lowest BCUT2D eigenvalue weighted by Crippen LogP contribution is -2.59. The molecule has 0 heterocycles. The molecule has 0 aliphatic carbocycles. The summed E-state index contributed by atoms with van der Waals surface area (Å²) in [6.07, 6.45) is -1.73. The third kappa shape index (κ3) is 9.88. The number of nitrogens with one attached hydrogen (secondary N) is 3. The molecular weight excluding hydrogens is 474 g/mol. The van der Waals surface area contributed by atoms with Crippen molar-refractivity contribution in [3.05, 3.63) is 29.8 Å². The predicted octanol–water partition coefficient (Wildman–Crippen LogP) is -1.90. The topological polar surface area (TPSA) is 234 Å². The summed E-state index contributed by atoms with van der Waals surface area (Å²) in [6.45, 7) is 4.54. The summed E-state index contributed by atoms with van der Waals surface area (Å²) in [5.41, 5.74) is 11.3. The maximum absolute atomic E-state index is 12.9. The number of primary amides is 1. The first-order valence-corrected chi connectivity index (χ1v) is 11.4. The Labute approximate surface area is 208 Å². The van der Waals surface area contributed by atoms with Gasteiger partial charge in [-0.05, 0) is 37.0 Å². The van der Waals surface area contributed by atoms with Crippen LogP contribution in [0.1, 0.15) is 39.2 Å². The van der Waals surface area contributed by atoms with Gasteiger partial charge in [0.15, 0.2) is 0 Å². The molecule has 0 radical (unpaired) electrons. The lowest BCUT2D eigenvalue weighted by molar-refractivity contribution is -0.142. The number of aliphatic hydroxyl groups excluding tert-OH is 1. The molecule has 0 saturated carbocycles. The molecule has 13 heteroatoms.